The van der Waals surface area contributed by atoms with Gasteiger partial charge < -0.3 is 14.1 Å². The summed E-state index contributed by atoms with van der Waals surface area (Å²) in [7, 11) is 2.95. The van der Waals surface area contributed by atoms with Crippen LogP contribution in [0.4, 0.5) is 5.69 Å². The van der Waals surface area contributed by atoms with E-state index in [0.29, 0.717) is 23.5 Å². The van der Waals surface area contributed by atoms with Gasteiger partial charge >= 0.3 is 5.97 Å². The lowest BCUT2D eigenvalue weighted by atomic mass is 10.1. The van der Waals surface area contributed by atoms with Crippen molar-refractivity contribution in [3.8, 4) is 0 Å². The Morgan fingerprint density at radius 1 is 1.32 bits per heavy atom. The minimum absolute atomic E-state index is 0.0178. The highest BCUT2D eigenvalue weighted by atomic mass is 16.6. The van der Waals surface area contributed by atoms with Crippen molar-refractivity contribution in [2.24, 2.45) is 0 Å². The van der Waals surface area contributed by atoms with E-state index in [-0.39, 0.29) is 30.0 Å². The average Bonchev–Trinajstić information content (AvgIpc) is 3.16. The highest BCUT2D eigenvalue weighted by Crippen LogP contribution is 2.23. The summed E-state index contributed by atoms with van der Waals surface area (Å²) in [5.41, 5.74) is 0.650. The number of furan rings is 1. The molecule has 8 heteroatoms. The maximum atomic E-state index is 12.4. The summed E-state index contributed by atoms with van der Waals surface area (Å²) in [6.07, 6.45) is 3.55. The maximum Gasteiger partial charge on any atom is 0.305 e. The van der Waals surface area contributed by atoms with Crippen LogP contribution in [0.1, 0.15) is 36.5 Å². The quantitative estimate of drug-likeness (QED) is 0.298. The summed E-state index contributed by atoms with van der Waals surface area (Å²) >= 11 is 0. The first-order valence-electron chi connectivity index (χ1n) is 8.66. The van der Waals surface area contributed by atoms with Crippen molar-refractivity contribution in [1.29, 1.82) is 0 Å². The Morgan fingerprint density at radius 2 is 2.07 bits per heavy atom. The van der Waals surface area contributed by atoms with Crippen LogP contribution in [0.5, 0.6) is 0 Å². The van der Waals surface area contributed by atoms with E-state index in [9.17, 15) is 19.7 Å². The van der Waals surface area contributed by atoms with Crippen LogP contribution in [0.25, 0.3) is 6.08 Å². The molecule has 0 spiro atoms. The van der Waals surface area contributed by atoms with E-state index in [2.05, 4.69) is 4.74 Å². The zero-order valence-electron chi connectivity index (χ0n) is 16.0. The molecular formula is C20H22N2O6. The third-order valence-electron chi connectivity index (χ3n) is 4.37. The van der Waals surface area contributed by atoms with Crippen molar-refractivity contribution >= 4 is 23.6 Å². The number of carbonyl (C=O) groups is 2. The van der Waals surface area contributed by atoms with E-state index in [1.165, 1.54) is 30.2 Å². The van der Waals surface area contributed by atoms with E-state index in [1.807, 2.05) is 0 Å². The lowest BCUT2D eigenvalue weighted by Gasteiger charge is -2.24. The molecule has 1 heterocycles. The minimum atomic E-state index is -0.466. The Morgan fingerprint density at radius 3 is 2.75 bits per heavy atom. The van der Waals surface area contributed by atoms with Gasteiger partial charge in [0.2, 0.25) is 5.91 Å². The second-order valence-electron chi connectivity index (χ2n) is 6.19. The Bertz CT molecular complexity index is 886. The lowest BCUT2D eigenvalue weighted by Crippen LogP contribution is -2.28. The molecular weight excluding hydrogens is 364 g/mol. The normalized spacial score (nSPS) is 12.0. The predicted molar refractivity (Wildman–Crippen MR) is 102 cm³/mol. The van der Waals surface area contributed by atoms with Gasteiger partial charge in [-0.05, 0) is 30.7 Å². The molecule has 1 aromatic carbocycles. The third-order valence-corrected chi connectivity index (χ3v) is 4.37. The number of methoxy groups -OCH3 is 1. The molecule has 0 fully saturated rings. The molecule has 0 saturated heterocycles. The van der Waals surface area contributed by atoms with Crippen LogP contribution in [0.2, 0.25) is 0 Å². The van der Waals surface area contributed by atoms with Gasteiger partial charge in [0.05, 0.1) is 24.5 Å². The number of likely N-dealkylation sites (N-methyl/N-ethyl adjacent to an activating group) is 1. The monoisotopic (exact) mass is 386 g/mol. The van der Waals surface area contributed by atoms with Crippen LogP contribution < -0.4 is 0 Å². The van der Waals surface area contributed by atoms with Crippen molar-refractivity contribution in [3.63, 3.8) is 0 Å². The van der Waals surface area contributed by atoms with Crippen LogP contribution in [0, 0.1) is 10.1 Å². The van der Waals surface area contributed by atoms with Crippen LogP contribution in [-0.4, -0.2) is 35.9 Å². The van der Waals surface area contributed by atoms with E-state index in [0.717, 1.165) is 0 Å². The van der Waals surface area contributed by atoms with Gasteiger partial charge in [0.15, 0.2) is 0 Å². The van der Waals surface area contributed by atoms with E-state index in [1.54, 1.807) is 44.3 Å². The number of hydrogen-bond donors (Lipinski definition) is 0. The first-order valence-corrected chi connectivity index (χ1v) is 8.66. The predicted octanol–water partition coefficient (Wildman–Crippen LogP) is 3.53. The van der Waals surface area contributed by atoms with Gasteiger partial charge in [-0.1, -0.05) is 12.1 Å². The van der Waals surface area contributed by atoms with Gasteiger partial charge in [-0.2, -0.15) is 0 Å². The fourth-order valence-electron chi connectivity index (χ4n) is 2.53. The molecule has 1 amide bonds. The molecule has 0 radical (unpaired) electrons. The number of carbonyl (C=O) groups excluding carboxylic acids is 2. The molecule has 0 N–H and O–H groups in total. The Balaban J connectivity index is 1.99. The Hall–Kier alpha value is -3.42. The minimum Gasteiger partial charge on any atom is -0.469 e. The van der Waals surface area contributed by atoms with Gasteiger partial charge in [0, 0.05) is 31.7 Å². The molecule has 0 bridgehead atoms. The lowest BCUT2D eigenvalue weighted by molar-refractivity contribution is -0.384. The first kappa shape index (κ1) is 20.9. The summed E-state index contributed by atoms with van der Waals surface area (Å²) in [4.78, 5) is 35.5. The highest BCUT2D eigenvalue weighted by Gasteiger charge is 2.18. The van der Waals surface area contributed by atoms with Crippen molar-refractivity contribution in [1.82, 2.24) is 4.90 Å². The molecule has 0 aliphatic heterocycles. The second kappa shape index (κ2) is 9.50. The molecule has 148 valence electrons. The van der Waals surface area contributed by atoms with Gasteiger partial charge in [-0.25, -0.2) is 0 Å². The molecule has 1 atom stereocenters. The van der Waals surface area contributed by atoms with Crippen LogP contribution >= 0.6 is 0 Å². The van der Waals surface area contributed by atoms with Crippen molar-refractivity contribution < 1.29 is 23.7 Å². The van der Waals surface area contributed by atoms with Crippen molar-refractivity contribution in [2.75, 3.05) is 14.2 Å². The number of aryl methyl sites for hydroxylation is 1. The summed E-state index contributed by atoms with van der Waals surface area (Å²) in [5, 5.41) is 10.9. The Labute approximate surface area is 162 Å². The molecule has 28 heavy (non-hydrogen) atoms. The summed E-state index contributed by atoms with van der Waals surface area (Å²) < 4.78 is 10.1. The number of nitro benzene ring substituents is 1. The number of nitrogens with zero attached hydrogens (tertiary/aromatic N) is 2. The second-order valence-corrected chi connectivity index (χ2v) is 6.19. The third kappa shape index (κ3) is 5.54. The number of nitro groups is 1. The Kier molecular flexibility index (Phi) is 7.08. The van der Waals surface area contributed by atoms with Crippen LogP contribution in [0.15, 0.2) is 46.9 Å². The van der Waals surface area contributed by atoms with E-state index in [4.69, 9.17) is 4.42 Å². The van der Waals surface area contributed by atoms with E-state index < -0.39 is 4.92 Å². The van der Waals surface area contributed by atoms with Gasteiger partial charge in [0.25, 0.3) is 5.69 Å². The number of benzene rings is 1. The first-order chi connectivity index (χ1) is 13.3. The average molecular weight is 386 g/mol. The summed E-state index contributed by atoms with van der Waals surface area (Å²) in [6.45, 7) is 1.79. The van der Waals surface area contributed by atoms with Crippen LogP contribution in [0.3, 0.4) is 0 Å². The molecule has 2 aromatic rings. The summed E-state index contributed by atoms with van der Waals surface area (Å²) in [5.74, 6) is 0.521. The number of non-ortho nitro benzene ring substituents is 1. The summed E-state index contributed by atoms with van der Waals surface area (Å²) in [6, 6.07) is 9.31. The fourth-order valence-corrected chi connectivity index (χ4v) is 2.53. The number of ether oxygens (including phenoxy) is 1. The fraction of sp³-hybridized carbons (Fsp3) is 0.300. The van der Waals surface area contributed by atoms with Gasteiger partial charge in [0.1, 0.15) is 11.5 Å². The van der Waals surface area contributed by atoms with Crippen molar-refractivity contribution in [3.05, 3.63) is 69.7 Å². The number of esters is 1. The smallest absolute Gasteiger partial charge is 0.305 e. The number of amides is 1. The standard InChI is InChI=1S/C20H22N2O6/c1-14(15-5-4-6-16(13-15)22(25)26)21(2)19(23)11-9-17-7-8-18(28-17)10-12-20(24)27-3/h4-9,11,13-14H,10,12H2,1-3H3/b11-9+/t14-/m1/s1. The number of rotatable bonds is 8. The SMILES string of the molecule is COC(=O)CCc1ccc(/C=C/C(=O)N(C)[C@H](C)c2cccc([N+](=O)[O-])c2)o1. The molecule has 0 aliphatic rings. The molecule has 0 aliphatic carbocycles. The van der Waals surface area contributed by atoms with Gasteiger partial charge in [-0.3, -0.25) is 19.7 Å². The highest BCUT2D eigenvalue weighted by molar-refractivity contribution is 5.91. The van der Waals surface area contributed by atoms with Crippen LogP contribution in [-0.2, 0) is 20.7 Å². The molecule has 8 nitrogen and oxygen atoms in total. The zero-order chi connectivity index (χ0) is 20.7. The zero-order valence-corrected chi connectivity index (χ0v) is 16.0. The maximum absolute atomic E-state index is 12.4. The topological polar surface area (TPSA) is 103 Å². The van der Waals surface area contributed by atoms with Gasteiger partial charge in [-0.15, -0.1) is 0 Å². The van der Waals surface area contributed by atoms with Crippen molar-refractivity contribution in [2.45, 2.75) is 25.8 Å². The molecule has 0 saturated carbocycles. The molecule has 1 aromatic heterocycles. The number of hydrogen-bond acceptors (Lipinski definition) is 6. The largest absolute Gasteiger partial charge is 0.469 e. The molecule has 0 unspecified atom stereocenters. The van der Waals surface area contributed by atoms with E-state index >= 15 is 0 Å². The molecule has 2 rings (SSSR count).